The molecule has 0 unspecified atom stereocenters. The van der Waals surface area contributed by atoms with Crippen molar-refractivity contribution in [3.05, 3.63) is 52.8 Å². The van der Waals surface area contributed by atoms with Gasteiger partial charge < -0.3 is 4.90 Å². The van der Waals surface area contributed by atoms with E-state index in [4.69, 9.17) is 5.26 Å². The highest BCUT2D eigenvalue weighted by molar-refractivity contribution is 5.76. The van der Waals surface area contributed by atoms with Crippen molar-refractivity contribution in [1.29, 1.82) is 5.26 Å². The topological polar surface area (TPSA) is 79.0 Å². The smallest absolute Gasteiger partial charge is 0.267 e. The van der Waals surface area contributed by atoms with Gasteiger partial charge in [0.15, 0.2) is 0 Å². The van der Waals surface area contributed by atoms with Gasteiger partial charge in [0.2, 0.25) is 5.91 Å². The summed E-state index contributed by atoms with van der Waals surface area (Å²) in [4.78, 5) is 26.0. The van der Waals surface area contributed by atoms with Crippen LogP contribution in [0.2, 0.25) is 0 Å². The van der Waals surface area contributed by atoms with Crippen LogP contribution < -0.4 is 5.56 Å². The van der Waals surface area contributed by atoms with Crippen LogP contribution in [-0.4, -0.2) is 33.7 Å². The number of benzene rings is 1. The molecule has 1 aromatic carbocycles. The van der Waals surface area contributed by atoms with Gasteiger partial charge in [-0.25, -0.2) is 4.68 Å². The molecule has 0 bridgehead atoms. The van der Waals surface area contributed by atoms with Crippen molar-refractivity contribution in [1.82, 2.24) is 14.7 Å². The summed E-state index contributed by atoms with van der Waals surface area (Å²) in [6.45, 7) is 4.30. The fourth-order valence-electron chi connectivity index (χ4n) is 2.33. The van der Waals surface area contributed by atoms with Gasteiger partial charge in [-0.2, -0.15) is 10.4 Å². The van der Waals surface area contributed by atoms with Crippen LogP contribution in [0.5, 0.6) is 0 Å². The van der Waals surface area contributed by atoms with Gasteiger partial charge in [-0.05, 0) is 19.9 Å². The third-order valence-electron chi connectivity index (χ3n) is 3.67. The van der Waals surface area contributed by atoms with Crippen LogP contribution in [0.3, 0.4) is 0 Å². The van der Waals surface area contributed by atoms with Crippen LogP contribution in [0.25, 0.3) is 11.3 Å². The molecule has 1 amide bonds. The number of carbonyl (C=O) groups is 1. The van der Waals surface area contributed by atoms with E-state index in [0.29, 0.717) is 18.8 Å². The van der Waals surface area contributed by atoms with Crippen molar-refractivity contribution < 1.29 is 4.79 Å². The molecule has 1 aromatic heterocycles. The Morgan fingerprint density at radius 3 is 2.62 bits per heavy atom. The molecule has 0 aliphatic rings. The summed E-state index contributed by atoms with van der Waals surface area (Å²) in [6, 6.07) is 14.6. The Balaban J connectivity index is 2.21. The number of aromatic nitrogens is 2. The number of rotatable bonds is 6. The normalized spacial score (nSPS) is 11.5. The van der Waals surface area contributed by atoms with E-state index in [9.17, 15) is 9.59 Å². The molecule has 6 heteroatoms. The van der Waals surface area contributed by atoms with Crippen molar-refractivity contribution in [2.45, 2.75) is 20.4 Å². The average molecular weight is 324 g/mol. The van der Waals surface area contributed by atoms with Crippen molar-refractivity contribution in [2.75, 3.05) is 13.1 Å². The van der Waals surface area contributed by atoms with Crippen LogP contribution in [0.15, 0.2) is 47.3 Å². The van der Waals surface area contributed by atoms with E-state index in [1.54, 1.807) is 17.9 Å². The second kappa shape index (κ2) is 8.06. The second-order valence-electron chi connectivity index (χ2n) is 5.54. The summed E-state index contributed by atoms with van der Waals surface area (Å²) in [5, 5.41) is 13.2. The number of hydrogen-bond donors (Lipinski definition) is 0. The fourth-order valence-corrected chi connectivity index (χ4v) is 2.33. The van der Waals surface area contributed by atoms with Crippen LogP contribution in [-0.2, 0) is 11.3 Å². The monoisotopic (exact) mass is 324 g/mol. The Morgan fingerprint density at radius 1 is 1.29 bits per heavy atom. The molecular formula is C18H20N4O2. The molecule has 0 aliphatic carbocycles. The summed E-state index contributed by atoms with van der Waals surface area (Å²) in [5.41, 5.74) is 1.19. The third kappa shape index (κ3) is 4.29. The molecule has 0 aliphatic heterocycles. The number of nitriles is 1. The first-order valence-electron chi connectivity index (χ1n) is 7.86. The number of carbonyl (C=O) groups excluding carboxylic acids is 1. The van der Waals surface area contributed by atoms with Crippen molar-refractivity contribution in [3.8, 4) is 17.3 Å². The molecule has 0 spiro atoms. The van der Waals surface area contributed by atoms with Crippen molar-refractivity contribution in [2.24, 2.45) is 5.92 Å². The molecule has 1 heterocycles. The Morgan fingerprint density at radius 2 is 2.00 bits per heavy atom. The zero-order valence-corrected chi connectivity index (χ0v) is 13.8. The molecular weight excluding hydrogens is 304 g/mol. The van der Waals surface area contributed by atoms with Gasteiger partial charge in [-0.3, -0.25) is 9.59 Å². The van der Waals surface area contributed by atoms with Gasteiger partial charge in [0.25, 0.3) is 5.56 Å². The lowest BCUT2D eigenvalue weighted by atomic mass is 10.1. The second-order valence-corrected chi connectivity index (χ2v) is 5.54. The van der Waals surface area contributed by atoms with Gasteiger partial charge in [0.05, 0.1) is 17.7 Å². The van der Waals surface area contributed by atoms with Crippen LogP contribution >= 0.6 is 0 Å². The van der Waals surface area contributed by atoms with E-state index in [1.165, 1.54) is 10.7 Å². The van der Waals surface area contributed by atoms with E-state index in [-0.39, 0.29) is 23.9 Å². The van der Waals surface area contributed by atoms with Gasteiger partial charge in [-0.15, -0.1) is 0 Å². The number of nitrogens with zero attached hydrogens (tertiary/aromatic N) is 4. The van der Waals surface area contributed by atoms with E-state index in [1.807, 2.05) is 37.3 Å². The van der Waals surface area contributed by atoms with Gasteiger partial charge in [-0.1, -0.05) is 30.3 Å². The van der Waals surface area contributed by atoms with E-state index >= 15 is 0 Å². The van der Waals surface area contributed by atoms with Crippen LogP contribution in [0.1, 0.15) is 13.8 Å². The van der Waals surface area contributed by atoms with E-state index in [2.05, 4.69) is 11.2 Å². The Bertz CT molecular complexity index is 793. The SMILES string of the molecule is CCN(C[C@@H](C)C#N)C(=O)Cn1nc(-c2ccccc2)ccc1=O. The summed E-state index contributed by atoms with van der Waals surface area (Å²) < 4.78 is 1.17. The average Bonchev–Trinajstić information content (AvgIpc) is 2.61. The zero-order chi connectivity index (χ0) is 17.5. The lowest BCUT2D eigenvalue weighted by molar-refractivity contribution is -0.132. The summed E-state index contributed by atoms with van der Waals surface area (Å²) >= 11 is 0. The van der Waals surface area contributed by atoms with Gasteiger partial charge >= 0.3 is 0 Å². The molecule has 0 saturated carbocycles. The number of hydrogen-bond acceptors (Lipinski definition) is 4. The van der Waals surface area contributed by atoms with Crippen molar-refractivity contribution >= 4 is 5.91 Å². The summed E-state index contributed by atoms with van der Waals surface area (Å²) in [6.07, 6.45) is 0. The molecule has 0 saturated heterocycles. The van der Waals surface area contributed by atoms with E-state index < -0.39 is 0 Å². The lowest BCUT2D eigenvalue weighted by Gasteiger charge is -2.22. The largest absolute Gasteiger partial charge is 0.340 e. The summed E-state index contributed by atoms with van der Waals surface area (Å²) in [7, 11) is 0. The number of likely N-dealkylation sites (N-methyl/N-ethyl adjacent to an activating group) is 1. The molecule has 0 N–H and O–H groups in total. The maximum absolute atomic E-state index is 12.4. The molecule has 0 radical (unpaired) electrons. The highest BCUT2D eigenvalue weighted by atomic mass is 16.2. The standard InChI is InChI=1S/C18H20N4O2/c1-3-21(12-14(2)11-19)18(24)13-22-17(23)10-9-16(20-22)15-7-5-4-6-8-15/h4-10,14H,3,12-13H2,1-2H3/t14-/m0/s1. The van der Waals surface area contributed by atoms with Crippen LogP contribution in [0, 0.1) is 17.2 Å². The summed E-state index contributed by atoms with van der Waals surface area (Å²) in [5.74, 6) is -0.478. The minimum Gasteiger partial charge on any atom is -0.340 e. The fraction of sp³-hybridized carbons (Fsp3) is 0.333. The minimum absolute atomic E-state index is 0.133. The Hall–Kier alpha value is -2.94. The Labute approximate surface area is 141 Å². The van der Waals surface area contributed by atoms with Crippen molar-refractivity contribution in [3.63, 3.8) is 0 Å². The maximum atomic E-state index is 12.4. The maximum Gasteiger partial charge on any atom is 0.267 e. The zero-order valence-electron chi connectivity index (χ0n) is 13.8. The minimum atomic E-state index is -0.326. The predicted octanol–water partition coefficient (Wildman–Crippen LogP) is 1.92. The molecule has 2 rings (SSSR count). The molecule has 6 nitrogen and oxygen atoms in total. The highest BCUT2D eigenvalue weighted by Crippen LogP contribution is 2.14. The van der Waals surface area contributed by atoms with E-state index in [0.717, 1.165) is 5.56 Å². The molecule has 124 valence electrons. The Kier molecular flexibility index (Phi) is 5.85. The molecule has 1 atom stereocenters. The first-order chi connectivity index (χ1) is 11.5. The first kappa shape index (κ1) is 17.4. The highest BCUT2D eigenvalue weighted by Gasteiger charge is 2.16. The quantitative estimate of drug-likeness (QED) is 0.813. The molecule has 24 heavy (non-hydrogen) atoms. The van der Waals surface area contributed by atoms with Crippen LogP contribution in [0.4, 0.5) is 0 Å². The first-order valence-corrected chi connectivity index (χ1v) is 7.86. The molecule has 2 aromatic rings. The van der Waals surface area contributed by atoms with Gasteiger partial charge in [0.1, 0.15) is 6.54 Å². The predicted molar refractivity (Wildman–Crippen MR) is 91.0 cm³/mol. The van der Waals surface area contributed by atoms with Gasteiger partial charge in [0, 0.05) is 24.7 Å². The third-order valence-corrected chi connectivity index (χ3v) is 3.67. The molecule has 0 fully saturated rings. The lowest BCUT2D eigenvalue weighted by Crippen LogP contribution is -2.39. The number of amides is 1.